The van der Waals surface area contributed by atoms with Gasteiger partial charge in [0.25, 0.3) is 6.01 Å². The minimum Gasteiger partial charge on any atom is -0.465 e. The van der Waals surface area contributed by atoms with Crippen LogP contribution in [0.5, 0.6) is 6.01 Å². The van der Waals surface area contributed by atoms with Gasteiger partial charge in [0.2, 0.25) is 0 Å². The molecule has 0 unspecified atom stereocenters. The molecule has 32 heavy (non-hydrogen) atoms. The summed E-state index contributed by atoms with van der Waals surface area (Å²) in [5.41, 5.74) is 8.72. The maximum Gasteiger partial charge on any atom is 0.298 e. The molecule has 0 aliphatic carbocycles. The molecular weight excluding hydrogens is 398 g/mol. The minimum atomic E-state index is 0.327. The Morgan fingerprint density at radius 2 is 1.88 bits per heavy atom. The summed E-state index contributed by atoms with van der Waals surface area (Å²) in [5, 5.41) is 9.47. The number of hydrogen-bond donors (Lipinski definition) is 0. The highest BCUT2D eigenvalue weighted by Crippen LogP contribution is 2.36. The first-order valence-electron chi connectivity index (χ1n) is 11.0. The van der Waals surface area contributed by atoms with Crippen LogP contribution in [0, 0.1) is 18.3 Å². The zero-order valence-electron chi connectivity index (χ0n) is 18.4. The van der Waals surface area contributed by atoms with Crippen molar-refractivity contribution in [1.29, 1.82) is 5.26 Å². The lowest BCUT2D eigenvalue weighted by Crippen LogP contribution is -2.18. The molecule has 0 bridgehead atoms. The highest BCUT2D eigenvalue weighted by molar-refractivity contribution is 5.76. The number of imidazole rings is 1. The van der Waals surface area contributed by atoms with Crippen molar-refractivity contribution in [2.75, 3.05) is 18.1 Å². The van der Waals surface area contributed by atoms with Crippen LogP contribution >= 0.6 is 0 Å². The third kappa shape index (κ3) is 3.46. The molecule has 6 heteroatoms. The summed E-state index contributed by atoms with van der Waals surface area (Å²) in [5.74, 6) is 0. The van der Waals surface area contributed by atoms with Crippen molar-refractivity contribution in [2.45, 2.75) is 33.2 Å². The van der Waals surface area contributed by atoms with Gasteiger partial charge in [-0.05, 0) is 67.1 Å². The number of benzene rings is 2. The van der Waals surface area contributed by atoms with E-state index in [0.29, 0.717) is 25.7 Å². The first-order valence-corrected chi connectivity index (χ1v) is 11.0. The molecule has 0 atom stereocenters. The van der Waals surface area contributed by atoms with Crippen molar-refractivity contribution in [3.05, 3.63) is 77.0 Å². The molecule has 0 amide bonds. The quantitative estimate of drug-likeness (QED) is 0.425. The number of aromatic nitrogens is 3. The van der Waals surface area contributed by atoms with Gasteiger partial charge in [-0.25, -0.2) is 4.98 Å². The van der Waals surface area contributed by atoms with Gasteiger partial charge in [0.05, 0.1) is 19.2 Å². The Hall–Kier alpha value is -3.85. The van der Waals surface area contributed by atoms with E-state index < -0.39 is 0 Å². The molecule has 5 rings (SSSR count). The molecule has 0 radical (unpaired) electrons. The van der Waals surface area contributed by atoms with Gasteiger partial charge in [0.15, 0.2) is 5.65 Å². The normalized spacial score (nSPS) is 12.7. The predicted octanol–water partition coefficient (Wildman–Crippen LogP) is 4.95. The van der Waals surface area contributed by atoms with Crippen LogP contribution in [0.25, 0.3) is 11.2 Å². The Balaban J connectivity index is 1.55. The summed E-state index contributed by atoms with van der Waals surface area (Å²) in [7, 11) is 0. The fourth-order valence-corrected chi connectivity index (χ4v) is 4.51. The summed E-state index contributed by atoms with van der Waals surface area (Å²) < 4.78 is 7.89. The van der Waals surface area contributed by atoms with Crippen molar-refractivity contribution < 1.29 is 4.74 Å². The summed E-state index contributed by atoms with van der Waals surface area (Å²) in [4.78, 5) is 11.4. The molecule has 2 aromatic heterocycles. The fraction of sp³-hybridized carbons (Fsp3) is 0.269. The number of fused-ring (bicyclic) bond motifs is 3. The van der Waals surface area contributed by atoms with Crippen LogP contribution in [-0.2, 0) is 19.4 Å². The second-order valence-electron chi connectivity index (χ2n) is 8.05. The summed E-state index contributed by atoms with van der Waals surface area (Å²) >= 11 is 0. The standard InChI is InChI=1S/C26H25N5O/c1-3-32-26-29-24-18(2)12-14-28-25(24)31(26)17-19-8-11-23-21(16-19)10-9-20-6-4-5-7-22(20)30(23)15-13-27/h4-8,11-12,14,16H,3,9-10,15,17H2,1-2H3. The number of hydrogen-bond acceptors (Lipinski definition) is 5. The van der Waals surface area contributed by atoms with E-state index in [0.717, 1.165) is 46.5 Å². The van der Waals surface area contributed by atoms with Crippen LogP contribution in [-0.4, -0.2) is 27.7 Å². The van der Waals surface area contributed by atoms with E-state index >= 15 is 0 Å². The lowest BCUT2D eigenvalue weighted by molar-refractivity contribution is 0.301. The average Bonchev–Trinajstić information content (AvgIpc) is 3.07. The van der Waals surface area contributed by atoms with Crippen LogP contribution < -0.4 is 9.64 Å². The summed E-state index contributed by atoms with van der Waals surface area (Å²) in [6.45, 7) is 5.51. The zero-order chi connectivity index (χ0) is 22.1. The van der Waals surface area contributed by atoms with Gasteiger partial charge in [-0.15, -0.1) is 0 Å². The number of rotatable bonds is 5. The Labute approximate surface area is 187 Å². The Kier molecular flexibility index (Phi) is 5.24. The topological polar surface area (TPSA) is 67.0 Å². The Bertz CT molecular complexity index is 1330. The van der Waals surface area contributed by atoms with Crippen LogP contribution in [0.4, 0.5) is 11.4 Å². The molecule has 0 saturated heterocycles. The molecule has 0 spiro atoms. The van der Waals surface area contributed by atoms with E-state index in [2.05, 4.69) is 52.4 Å². The smallest absolute Gasteiger partial charge is 0.298 e. The number of aryl methyl sites for hydroxylation is 3. The molecule has 160 valence electrons. The van der Waals surface area contributed by atoms with Crippen LogP contribution in [0.3, 0.4) is 0 Å². The van der Waals surface area contributed by atoms with Crippen molar-refractivity contribution in [1.82, 2.24) is 14.5 Å². The maximum absolute atomic E-state index is 9.47. The molecule has 4 aromatic rings. The molecule has 1 aliphatic heterocycles. The molecular formula is C26H25N5O. The van der Waals surface area contributed by atoms with E-state index in [4.69, 9.17) is 9.72 Å². The average molecular weight is 424 g/mol. The summed E-state index contributed by atoms with van der Waals surface area (Å²) in [6, 6.07) is 19.8. The first kappa shape index (κ1) is 20.1. The monoisotopic (exact) mass is 423 g/mol. The molecule has 2 aromatic carbocycles. The van der Waals surface area contributed by atoms with Crippen molar-refractivity contribution in [3.63, 3.8) is 0 Å². The lowest BCUT2D eigenvalue weighted by Gasteiger charge is -2.24. The SMILES string of the molecule is CCOc1nc2c(C)ccnc2n1Cc1ccc2c(c1)CCc1ccccc1N2CC#N. The molecule has 3 heterocycles. The number of anilines is 2. The third-order valence-corrected chi connectivity index (χ3v) is 6.02. The molecule has 0 fully saturated rings. The van der Waals surface area contributed by atoms with Gasteiger partial charge in [-0.1, -0.05) is 30.3 Å². The second-order valence-corrected chi connectivity index (χ2v) is 8.05. The largest absolute Gasteiger partial charge is 0.465 e. The van der Waals surface area contributed by atoms with Gasteiger partial charge in [0, 0.05) is 17.6 Å². The predicted molar refractivity (Wildman–Crippen MR) is 125 cm³/mol. The highest BCUT2D eigenvalue weighted by atomic mass is 16.5. The highest BCUT2D eigenvalue weighted by Gasteiger charge is 2.21. The van der Waals surface area contributed by atoms with Gasteiger partial charge >= 0.3 is 0 Å². The van der Waals surface area contributed by atoms with Crippen LogP contribution in [0.15, 0.2) is 54.7 Å². The third-order valence-electron chi connectivity index (χ3n) is 6.02. The maximum atomic E-state index is 9.47. The molecule has 1 aliphatic rings. The van der Waals surface area contributed by atoms with Crippen molar-refractivity contribution in [2.24, 2.45) is 0 Å². The number of para-hydroxylation sites is 1. The second kappa shape index (κ2) is 8.35. The number of nitriles is 1. The Morgan fingerprint density at radius 1 is 1.06 bits per heavy atom. The number of nitrogens with zero attached hydrogens (tertiary/aromatic N) is 5. The zero-order valence-corrected chi connectivity index (χ0v) is 18.4. The van der Waals surface area contributed by atoms with Gasteiger partial charge in [0.1, 0.15) is 12.1 Å². The van der Waals surface area contributed by atoms with E-state index in [1.807, 2.05) is 36.7 Å². The molecule has 0 N–H and O–H groups in total. The number of pyridine rings is 1. The number of ether oxygens (including phenoxy) is 1. The summed E-state index contributed by atoms with van der Waals surface area (Å²) in [6.07, 6.45) is 3.70. The minimum absolute atomic E-state index is 0.327. The molecule has 6 nitrogen and oxygen atoms in total. The fourth-order valence-electron chi connectivity index (χ4n) is 4.51. The van der Waals surface area contributed by atoms with E-state index in [1.54, 1.807) is 0 Å². The van der Waals surface area contributed by atoms with Crippen molar-refractivity contribution >= 4 is 22.5 Å². The van der Waals surface area contributed by atoms with E-state index in [-0.39, 0.29) is 0 Å². The lowest BCUT2D eigenvalue weighted by atomic mass is 10.0. The van der Waals surface area contributed by atoms with Crippen LogP contribution in [0.1, 0.15) is 29.2 Å². The Morgan fingerprint density at radius 3 is 2.72 bits per heavy atom. The van der Waals surface area contributed by atoms with Gasteiger partial charge < -0.3 is 9.64 Å². The van der Waals surface area contributed by atoms with Crippen molar-refractivity contribution in [3.8, 4) is 12.1 Å². The van der Waals surface area contributed by atoms with E-state index in [1.165, 1.54) is 11.1 Å². The van der Waals surface area contributed by atoms with Gasteiger partial charge in [-0.2, -0.15) is 10.2 Å². The van der Waals surface area contributed by atoms with E-state index in [9.17, 15) is 5.26 Å². The molecule has 0 saturated carbocycles. The van der Waals surface area contributed by atoms with Crippen LogP contribution in [0.2, 0.25) is 0 Å². The first-order chi connectivity index (χ1) is 15.7. The van der Waals surface area contributed by atoms with Gasteiger partial charge in [-0.3, -0.25) is 4.57 Å².